The minimum Gasteiger partial charge on any atom is -0.490 e. The normalized spacial score (nSPS) is 12.2. The Morgan fingerprint density at radius 3 is 2.68 bits per heavy atom. The van der Waals surface area contributed by atoms with Crippen molar-refractivity contribution >= 4 is 16.8 Å². The summed E-state index contributed by atoms with van der Waals surface area (Å²) in [6, 6.07) is 16.8. The number of aliphatic hydroxyl groups is 1. The first-order valence-corrected chi connectivity index (χ1v) is 7.97. The summed E-state index contributed by atoms with van der Waals surface area (Å²) in [7, 11) is 0. The zero-order valence-electron chi connectivity index (χ0n) is 13.6. The van der Waals surface area contributed by atoms with Crippen LogP contribution >= 0.6 is 0 Å². The van der Waals surface area contributed by atoms with Crippen LogP contribution in [0, 0.1) is 0 Å². The molecular weight excluding hydrogens is 320 g/mol. The summed E-state index contributed by atoms with van der Waals surface area (Å²) in [5, 5.41) is 10.8. The van der Waals surface area contributed by atoms with Gasteiger partial charge in [-0.25, -0.2) is 0 Å². The van der Waals surface area contributed by atoms with E-state index in [1.54, 1.807) is 18.2 Å². The second-order valence-electron chi connectivity index (χ2n) is 5.73. The van der Waals surface area contributed by atoms with Gasteiger partial charge >= 0.3 is 0 Å². The first-order valence-electron chi connectivity index (χ1n) is 7.97. The number of H-pyrrole nitrogens is 1. The number of hydrogen-bond acceptors (Lipinski definition) is 4. The minimum atomic E-state index is -0.756. The Hall–Kier alpha value is -2.83. The Labute approximate surface area is 145 Å². The molecule has 3 rings (SSSR count). The number of ether oxygens (including phenoxy) is 2. The molecule has 6 nitrogen and oxygen atoms in total. The van der Waals surface area contributed by atoms with Crippen molar-refractivity contribution in [2.45, 2.75) is 12.7 Å². The maximum Gasteiger partial charge on any atom is 0.265 e. The number of nitrogens with two attached hydrogens (primary N) is 1. The molecule has 3 aromatic rings. The molecule has 1 aromatic heterocycles. The van der Waals surface area contributed by atoms with E-state index in [0.717, 1.165) is 16.5 Å². The van der Waals surface area contributed by atoms with E-state index in [0.29, 0.717) is 18.1 Å². The number of aliphatic hydroxyl groups excluding tert-OH is 1. The van der Waals surface area contributed by atoms with Crippen molar-refractivity contribution in [1.29, 1.82) is 0 Å². The average molecular weight is 340 g/mol. The van der Waals surface area contributed by atoms with Gasteiger partial charge in [0.25, 0.3) is 5.91 Å². The molecule has 0 saturated heterocycles. The van der Waals surface area contributed by atoms with Crippen LogP contribution in [0.5, 0.6) is 5.75 Å². The summed E-state index contributed by atoms with van der Waals surface area (Å²) in [6.07, 6.45) is -0.756. The van der Waals surface area contributed by atoms with Crippen molar-refractivity contribution < 1.29 is 19.4 Å². The molecule has 0 aliphatic rings. The molecule has 1 amide bonds. The highest BCUT2D eigenvalue weighted by Crippen LogP contribution is 2.26. The zero-order chi connectivity index (χ0) is 17.6. The van der Waals surface area contributed by atoms with Crippen molar-refractivity contribution in [3.05, 3.63) is 65.9 Å². The summed E-state index contributed by atoms with van der Waals surface area (Å²) < 4.78 is 11.2. The molecule has 4 N–H and O–H groups in total. The Bertz CT molecular complexity index is 845. The Balaban J connectivity index is 1.54. The fourth-order valence-corrected chi connectivity index (χ4v) is 2.51. The number of carbonyl (C=O) groups is 1. The van der Waals surface area contributed by atoms with Crippen molar-refractivity contribution in [3.8, 4) is 5.75 Å². The molecule has 1 heterocycles. The highest BCUT2D eigenvalue weighted by molar-refractivity contribution is 5.98. The fourth-order valence-electron chi connectivity index (χ4n) is 2.51. The molecule has 0 unspecified atom stereocenters. The molecule has 6 heteroatoms. The topological polar surface area (TPSA) is 97.6 Å². The van der Waals surface area contributed by atoms with Gasteiger partial charge in [-0.2, -0.15) is 0 Å². The van der Waals surface area contributed by atoms with Crippen LogP contribution in [0.3, 0.4) is 0 Å². The number of amides is 1. The van der Waals surface area contributed by atoms with Gasteiger partial charge in [0.15, 0.2) is 0 Å². The number of fused-ring (bicyclic) bond motifs is 1. The largest absolute Gasteiger partial charge is 0.490 e. The molecule has 2 aromatic carbocycles. The summed E-state index contributed by atoms with van der Waals surface area (Å²) in [4.78, 5) is 14.2. The van der Waals surface area contributed by atoms with Crippen LogP contribution in [-0.2, 0) is 11.3 Å². The van der Waals surface area contributed by atoms with E-state index in [1.807, 2.05) is 36.4 Å². The maximum absolute atomic E-state index is 11.3. The highest BCUT2D eigenvalue weighted by Gasteiger charge is 2.11. The van der Waals surface area contributed by atoms with Gasteiger partial charge in [-0.3, -0.25) is 4.79 Å². The van der Waals surface area contributed by atoms with Crippen molar-refractivity contribution in [2.75, 3.05) is 13.2 Å². The zero-order valence-corrected chi connectivity index (χ0v) is 13.6. The van der Waals surface area contributed by atoms with Gasteiger partial charge in [0, 0.05) is 10.9 Å². The number of rotatable bonds is 8. The molecule has 0 aliphatic heterocycles. The number of nitrogens with one attached hydrogen (secondary N) is 1. The second-order valence-corrected chi connectivity index (χ2v) is 5.73. The SMILES string of the molecule is NC(=O)c1cc2c(OC[C@@H](O)COCc3ccccc3)cccc2[nH]1. The number of aromatic nitrogens is 1. The lowest BCUT2D eigenvalue weighted by Gasteiger charge is -2.13. The Kier molecular flexibility index (Phi) is 5.33. The van der Waals surface area contributed by atoms with Gasteiger partial charge in [-0.05, 0) is 23.8 Å². The van der Waals surface area contributed by atoms with Gasteiger partial charge in [0.2, 0.25) is 0 Å². The third-order valence-corrected chi connectivity index (χ3v) is 3.74. The predicted molar refractivity (Wildman–Crippen MR) is 94.4 cm³/mol. The van der Waals surface area contributed by atoms with E-state index in [2.05, 4.69) is 4.98 Å². The number of primary amides is 1. The minimum absolute atomic E-state index is 0.0883. The van der Waals surface area contributed by atoms with E-state index in [-0.39, 0.29) is 13.2 Å². The van der Waals surface area contributed by atoms with Crippen molar-refractivity contribution in [1.82, 2.24) is 4.98 Å². The first-order chi connectivity index (χ1) is 12.1. The summed E-state index contributed by atoms with van der Waals surface area (Å²) in [5.41, 5.74) is 7.40. The van der Waals surface area contributed by atoms with E-state index >= 15 is 0 Å². The van der Waals surface area contributed by atoms with Gasteiger partial charge in [0.05, 0.1) is 13.2 Å². The van der Waals surface area contributed by atoms with Crippen LogP contribution < -0.4 is 10.5 Å². The van der Waals surface area contributed by atoms with Crippen molar-refractivity contribution in [3.63, 3.8) is 0 Å². The lowest BCUT2D eigenvalue weighted by Crippen LogP contribution is -2.23. The van der Waals surface area contributed by atoms with Crippen LogP contribution in [0.2, 0.25) is 0 Å². The molecule has 0 radical (unpaired) electrons. The average Bonchev–Trinajstić information content (AvgIpc) is 3.06. The fraction of sp³-hybridized carbons (Fsp3) is 0.211. The monoisotopic (exact) mass is 340 g/mol. The summed E-state index contributed by atoms with van der Waals surface area (Å²) >= 11 is 0. The predicted octanol–water partition coefficient (Wildman–Crippen LogP) is 2.22. The van der Waals surface area contributed by atoms with E-state index < -0.39 is 12.0 Å². The van der Waals surface area contributed by atoms with Gasteiger partial charge < -0.3 is 25.3 Å². The smallest absolute Gasteiger partial charge is 0.265 e. The lowest BCUT2D eigenvalue weighted by atomic mass is 10.2. The quantitative estimate of drug-likeness (QED) is 0.586. The summed E-state index contributed by atoms with van der Waals surface area (Å²) in [6.45, 7) is 0.697. The molecule has 0 fully saturated rings. The maximum atomic E-state index is 11.3. The van der Waals surface area contributed by atoms with Crippen LogP contribution in [0.25, 0.3) is 10.9 Å². The number of hydrogen-bond donors (Lipinski definition) is 3. The molecular formula is C19H20N2O4. The number of aromatic amines is 1. The molecule has 0 aliphatic carbocycles. The third-order valence-electron chi connectivity index (χ3n) is 3.74. The van der Waals surface area contributed by atoms with Crippen LogP contribution in [-0.4, -0.2) is 35.3 Å². The lowest BCUT2D eigenvalue weighted by molar-refractivity contribution is 0.00576. The summed E-state index contributed by atoms with van der Waals surface area (Å²) in [5.74, 6) is 0.0415. The number of benzene rings is 2. The Morgan fingerprint density at radius 2 is 1.92 bits per heavy atom. The molecule has 0 spiro atoms. The van der Waals surface area contributed by atoms with E-state index in [9.17, 15) is 9.90 Å². The molecule has 0 saturated carbocycles. The number of carbonyl (C=O) groups excluding carboxylic acids is 1. The molecule has 1 atom stereocenters. The van der Waals surface area contributed by atoms with Crippen LogP contribution in [0.15, 0.2) is 54.6 Å². The highest BCUT2D eigenvalue weighted by atomic mass is 16.5. The van der Waals surface area contributed by atoms with E-state index in [4.69, 9.17) is 15.2 Å². The third kappa shape index (κ3) is 4.37. The van der Waals surface area contributed by atoms with Crippen molar-refractivity contribution in [2.24, 2.45) is 5.73 Å². The van der Waals surface area contributed by atoms with E-state index in [1.165, 1.54) is 0 Å². The second kappa shape index (κ2) is 7.83. The van der Waals surface area contributed by atoms with Gasteiger partial charge in [0.1, 0.15) is 24.2 Å². The molecule has 25 heavy (non-hydrogen) atoms. The van der Waals surface area contributed by atoms with Gasteiger partial charge in [-0.15, -0.1) is 0 Å². The van der Waals surface area contributed by atoms with Gasteiger partial charge in [-0.1, -0.05) is 36.4 Å². The standard InChI is InChI=1S/C19H20N2O4/c20-19(23)17-9-15-16(21-17)7-4-8-18(15)25-12-14(22)11-24-10-13-5-2-1-3-6-13/h1-9,14,21-22H,10-12H2,(H2,20,23)/t14-/m0/s1. The Morgan fingerprint density at radius 1 is 1.12 bits per heavy atom. The molecule has 130 valence electrons. The van der Waals surface area contributed by atoms with Crippen LogP contribution in [0.4, 0.5) is 0 Å². The molecule has 0 bridgehead atoms. The van der Waals surface area contributed by atoms with Crippen LogP contribution in [0.1, 0.15) is 16.1 Å². The first kappa shape index (κ1) is 17.0.